The van der Waals surface area contributed by atoms with E-state index in [0.717, 1.165) is 0 Å². The minimum Gasteiger partial charge on any atom is -0.354 e. The average Bonchev–Trinajstić information content (AvgIpc) is 2.24. The minimum absolute atomic E-state index is 0.132. The molecule has 1 atom stereocenters. The molecule has 15 heavy (non-hydrogen) atoms. The van der Waals surface area contributed by atoms with Crippen molar-refractivity contribution in [2.75, 3.05) is 31.1 Å². The fourth-order valence-electron chi connectivity index (χ4n) is 0.853. The van der Waals surface area contributed by atoms with Crippen molar-refractivity contribution in [3.8, 4) is 6.07 Å². The van der Waals surface area contributed by atoms with Crippen LogP contribution in [-0.2, 0) is 15.6 Å². The molecule has 1 amide bonds. The van der Waals surface area contributed by atoms with E-state index < -0.39 is 10.8 Å². The summed E-state index contributed by atoms with van der Waals surface area (Å²) in [5, 5.41) is 13.7. The Morgan fingerprint density at radius 2 is 2.20 bits per heavy atom. The van der Waals surface area contributed by atoms with Crippen LogP contribution in [0.1, 0.15) is 13.3 Å². The topological polar surface area (TPSA) is 82.0 Å². The number of rotatable bonds is 8. The second-order valence-electron chi connectivity index (χ2n) is 2.87. The van der Waals surface area contributed by atoms with E-state index in [9.17, 15) is 9.00 Å². The Balaban J connectivity index is 3.32. The summed E-state index contributed by atoms with van der Waals surface area (Å²) in [6.07, 6.45) is 0.325. The molecule has 0 aliphatic rings. The summed E-state index contributed by atoms with van der Waals surface area (Å²) in [5.41, 5.74) is 0. The third-order valence-electron chi connectivity index (χ3n) is 1.67. The van der Waals surface area contributed by atoms with Crippen LogP contribution in [0.15, 0.2) is 0 Å². The second kappa shape index (κ2) is 9.62. The number of hydrogen-bond donors (Lipinski definition) is 2. The molecule has 0 aliphatic heterocycles. The number of amides is 1. The molecule has 0 heterocycles. The normalized spacial score (nSPS) is 11.7. The van der Waals surface area contributed by atoms with Crippen LogP contribution in [0.4, 0.5) is 0 Å². The first-order chi connectivity index (χ1) is 7.20. The summed E-state index contributed by atoms with van der Waals surface area (Å²) in [4.78, 5) is 11.1. The zero-order valence-corrected chi connectivity index (χ0v) is 9.73. The summed E-state index contributed by atoms with van der Waals surface area (Å²) in [6.45, 7) is 3.04. The molecule has 0 spiro atoms. The molecule has 0 radical (unpaired) electrons. The van der Waals surface area contributed by atoms with Crippen LogP contribution in [0.2, 0.25) is 0 Å². The van der Waals surface area contributed by atoms with Gasteiger partial charge < -0.3 is 10.6 Å². The lowest BCUT2D eigenvalue weighted by Crippen LogP contribution is -2.35. The van der Waals surface area contributed by atoms with Crippen LogP contribution in [0.3, 0.4) is 0 Å². The number of nitrogens with one attached hydrogen (secondary N) is 2. The fraction of sp³-hybridized carbons (Fsp3) is 0.778. The monoisotopic (exact) mass is 231 g/mol. The van der Waals surface area contributed by atoms with E-state index in [0.29, 0.717) is 31.0 Å². The van der Waals surface area contributed by atoms with E-state index >= 15 is 0 Å². The zero-order chi connectivity index (χ0) is 11.5. The summed E-state index contributed by atoms with van der Waals surface area (Å²) >= 11 is 0. The van der Waals surface area contributed by atoms with E-state index in [1.165, 1.54) is 0 Å². The molecule has 0 aromatic carbocycles. The molecule has 0 saturated carbocycles. The van der Waals surface area contributed by atoms with Gasteiger partial charge in [0.05, 0.1) is 19.0 Å². The smallest absolute Gasteiger partial charge is 0.233 e. The Bertz CT molecular complexity index is 250. The minimum atomic E-state index is -0.786. The Morgan fingerprint density at radius 3 is 2.80 bits per heavy atom. The predicted octanol–water partition coefficient (Wildman–Crippen LogP) is -0.626. The maximum Gasteiger partial charge on any atom is 0.233 e. The third kappa shape index (κ3) is 9.38. The molecule has 0 saturated heterocycles. The second-order valence-corrected chi connectivity index (χ2v) is 4.73. The van der Waals surface area contributed by atoms with Gasteiger partial charge in [-0.25, -0.2) is 0 Å². The first kappa shape index (κ1) is 14.1. The number of carbonyl (C=O) groups is 1. The molecule has 6 heteroatoms. The largest absolute Gasteiger partial charge is 0.354 e. The van der Waals surface area contributed by atoms with Crippen molar-refractivity contribution < 1.29 is 9.00 Å². The van der Waals surface area contributed by atoms with Gasteiger partial charge in [-0.2, -0.15) is 5.26 Å². The quantitative estimate of drug-likeness (QED) is 0.545. The highest BCUT2D eigenvalue weighted by molar-refractivity contribution is 7.84. The molecule has 0 rings (SSSR count). The number of nitrogens with zero attached hydrogens (tertiary/aromatic N) is 1. The Kier molecular flexibility index (Phi) is 9.02. The first-order valence-corrected chi connectivity index (χ1v) is 6.38. The van der Waals surface area contributed by atoms with Crippen LogP contribution in [0.5, 0.6) is 0 Å². The van der Waals surface area contributed by atoms with Crippen LogP contribution < -0.4 is 10.6 Å². The average molecular weight is 231 g/mol. The van der Waals surface area contributed by atoms with E-state index in [1.807, 2.05) is 13.0 Å². The molecule has 1 unspecified atom stereocenters. The van der Waals surface area contributed by atoms with Gasteiger partial charge in [-0.05, 0) is 0 Å². The van der Waals surface area contributed by atoms with Crippen LogP contribution >= 0.6 is 0 Å². The SMILES string of the molecule is CCS(=O)CCNCC(=O)NCCC#N. The van der Waals surface area contributed by atoms with Crippen molar-refractivity contribution in [3.05, 3.63) is 0 Å². The summed E-state index contributed by atoms with van der Waals surface area (Å²) in [5.74, 6) is 1.09. The van der Waals surface area contributed by atoms with Crippen LogP contribution in [0.25, 0.3) is 0 Å². The zero-order valence-electron chi connectivity index (χ0n) is 8.91. The van der Waals surface area contributed by atoms with Gasteiger partial charge in [0.25, 0.3) is 0 Å². The van der Waals surface area contributed by atoms with Crippen LogP contribution in [0, 0.1) is 11.3 Å². The molecule has 0 aromatic heterocycles. The van der Waals surface area contributed by atoms with E-state index in [2.05, 4.69) is 10.6 Å². The first-order valence-electron chi connectivity index (χ1n) is 4.90. The number of nitriles is 1. The molecule has 0 aliphatic carbocycles. The van der Waals surface area contributed by atoms with Gasteiger partial charge in [0.15, 0.2) is 0 Å². The third-order valence-corrected chi connectivity index (χ3v) is 2.98. The van der Waals surface area contributed by atoms with Crippen LogP contribution in [-0.4, -0.2) is 41.3 Å². The molecule has 2 N–H and O–H groups in total. The molecule has 5 nitrogen and oxygen atoms in total. The molecule has 86 valence electrons. The van der Waals surface area contributed by atoms with Gasteiger partial charge >= 0.3 is 0 Å². The Morgan fingerprint density at radius 1 is 1.47 bits per heavy atom. The van der Waals surface area contributed by atoms with Crippen molar-refractivity contribution in [3.63, 3.8) is 0 Å². The summed E-state index contributed by atoms with van der Waals surface area (Å²) in [6, 6.07) is 1.94. The van der Waals surface area contributed by atoms with Crippen molar-refractivity contribution in [2.24, 2.45) is 0 Å². The van der Waals surface area contributed by atoms with E-state index in [1.54, 1.807) is 0 Å². The van der Waals surface area contributed by atoms with Gasteiger partial charge in [0, 0.05) is 35.4 Å². The molecule has 0 aromatic rings. The molecular formula is C9H17N3O2S. The molecule has 0 fully saturated rings. The number of carbonyl (C=O) groups excluding carboxylic acids is 1. The maximum atomic E-state index is 11.1. The lowest BCUT2D eigenvalue weighted by Gasteiger charge is -2.04. The standard InChI is InChI=1S/C9H17N3O2S/c1-2-15(14)7-6-11-8-9(13)12-5-3-4-10/h11H,2-3,5-8H2,1H3,(H,12,13). The van der Waals surface area contributed by atoms with E-state index in [-0.39, 0.29) is 12.5 Å². The highest BCUT2D eigenvalue weighted by atomic mass is 32.2. The molecular weight excluding hydrogens is 214 g/mol. The highest BCUT2D eigenvalue weighted by Gasteiger charge is 2.00. The maximum absolute atomic E-state index is 11.1. The predicted molar refractivity (Wildman–Crippen MR) is 59.7 cm³/mol. The number of hydrogen-bond acceptors (Lipinski definition) is 4. The summed E-state index contributed by atoms with van der Waals surface area (Å²) in [7, 11) is -0.786. The van der Waals surface area contributed by atoms with Gasteiger partial charge in [0.2, 0.25) is 5.91 Å². The summed E-state index contributed by atoms with van der Waals surface area (Å²) < 4.78 is 11.0. The van der Waals surface area contributed by atoms with E-state index in [4.69, 9.17) is 5.26 Å². The van der Waals surface area contributed by atoms with Crippen molar-refractivity contribution >= 4 is 16.7 Å². The van der Waals surface area contributed by atoms with Crippen molar-refractivity contribution in [1.82, 2.24) is 10.6 Å². The fourth-order valence-corrected chi connectivity index (χ4v) is 1.51. The highest BCUT2D eigenvalue weighted by Crippen LogP contribution is 1.78. The van der Waals surface area contributed by atoms with Gasteiger partial charge in [-0.1, -0.05) is 6.92 Å². The molecule has 0 bridgehead atoms. The van der Waals surface area contributed by atoms with Gasteiger partial charge in [-0.15, -0.1) is 0 Å². The Hall–Kier alpha value is -0.930. The lowest BCUT2D eigenvalue weighted by atomic mass is 10.4. The lowest BCUT2D eigenvalue weighted by molar-refractivity contribution is -0.120. The van der Waals surface area contributed by atoms with Gasteiger partial charge in [-0.3, -0.25) is 9.00 Å². The van der Waals surface area contributed by atoms with Gasteiger partial charge in [0.1, 0.15) is 0 Å². The van der Waals surface area contributed by atoms with Crippen molar-refractivity contribution in [1.29, 1.82) is 5.26 Å². The Labute approximate surface area is 92.7 Å². The van der Waals surface area contributed by atoms with Crippen molar-refractivity contribution in [2.45, 2.75) is 13.3 Å².